The molecule has 1 aliphatic heterocycles. The molecule has 2 N–H and O–H groups in total. The SMILES string of the molecule is NC(=S)CCn1c(C2CC2)nc2cc3c(cc21)OCCO3. The van der Waals surface area contributed by atoms with Gasteiger partial charge in [-0.2, -0.15) is 0 Å². The first kappa shape index (κ1) is 12.9. The minimum absolute atomic E-state index is 0.538. The number of fused-ring (bicyclic) bond motifs is 2. The molecule has 6 heteroatoms. The second-order valence-electron chi connectivity index (χ2n) is 5.60. The Bertz CT molecular complexity index is 721. The van der Waals surface area contributed by atoms with E-state index < -0.39 is 0 Å². The fourth-order valence-electron chi connectivity index (χ4n) is 2.79. The van der Waals surface area contributed by atoms with Crippen LogP contribution in [0.4, 0.5) is 0 Å². The van der Waals surface area contributed by atoms with Gasteiger partial charge in [0.2, 0.25) is 0 Å². The topological polar surface area (TPSA) is 62.3 Å². The maximum absolute atomic E-state index is 5.68. The van der Waals surface area contributed by atoms with E-state index in [1.807, 2.05) is 12.1 Å². The zero-order valence-electron chi connectivity index (χ0n) is 11.7. The van der Waals surface area contributed by atoms with Crippen molar-refractivity contribution in [1.29, 1.82) is 0 Å². The number of aromatic nitrogens is 2. The predicted molar refractivity (Wildman–Crippen MR) is 84.1 cm³/mol. The van der Waals surface area contributed by atoms with Crippen LogP contribution in [0.15, 0.2) is 12.1 Å². The van der Waals surface area contributed by atoms with Gasteiger partial charge in [0.15, 0.2) is 11.5 Å². The van der Waals surface area contributed by atoms with E-state index >= 15 is 0 Å². The zero-order chi connectivity index (χ0) is 14.4. The standard InChI is InChI=1S/C15H17N3O2S/c16-14(21)3-4-18-11-8-13-12(19-5-6-20-13)7-10(11)17-15(18)9-1-2-9/h7-9H,1-6H2,(H2,16,21). The zero-order valence-corrected chi connectivity index (χ0v) is 12.5. The Hall–Kier alpha value is -1.82. The van der Waals surface area contributed by atoms with Gasteiger partial charge in [-0.05, 0) is 12.8 Å². The summed E-state index contributed by atoms with van der Waals surface area (Å²) in [4.78, 5) is 5.34. The number of benzene rings is 1. The number of hydrogen-bond donors (Lipinski definition) is 1. The predicted octanol–water partition coefficient (Wildman–Crippen LogP) is 2.36. The number of rotatable bonds is 4. The molecular weight excluding hydrogens is 286 g/mol. The highest BCUT2D eigenvalue weighted by Gasteiger charge is 2.30. The Morgan fingerprint density at radius 1 is 1.29 bits per heavy atom. The molecule has 1 aromatic carbocycles. The first-order chi connectivity index (χ1) is 10.2. The van der Waals surface area contributed by atoms with Crippen molar-refractivity contribution in [2.45, 2.75) is 31.7 Å². The van der Waals surface area contributed by atoms with E-state index in [0.717, 1.165) is 34.9 Å². The monoisotopic (exact) mass is 303 g/mol. The summed E-state index contributed by atoms with van der Waals surface area (Å²) in [6, 6.07) is 4.01. The Morgan fingerprint density at radius 2 is 2.00 bits per heavy atom. The Balaban J connectivity index is 1.82. The maximum Gasteiger partial charge on any atom is 0.163 e. The van der Waals surface area contributed by atoms with E-state index in [4.69, 9.17) is 32.4 Å². The molecule has 0 saturated heterocycles. The Morgan fingerprint density at radius 3 is 2.67 bits per heavy atom. The van der Waals surface area contributed by atoms with E-state index in [9.17, 15) is 0 Å². The molecular formula is C15H17N3O2S. The van der Waals surface area contributed by atoms with E-state index in [0.29, 0.717) is 30.5 Å². The third-order valence-electron chi connectivity index (χ3n) is 3.97. The van der Waals surface area contributed by atoms with Crippen LogP contribution in [0, 0.1) is 0 Å². The van der Waals surface area contributed by atoms with Gasteiger partial charge in [-0.3, -0.25) is 0 Å². The van der Waals surface area contributed by atoms with Crippen molar-refractivity contribution in [1.82, 2.24) is 9.55 Å². The molecule has 4 rings (SSSR count). The fraction of sp³-hybridized carbons (Fsp3) is 0.467. The molecule has 0 amide bonds. The lowest BCUT2D eigenvalue weighted by Crippen LogP contribution is -2.15. The van der Waals surface area contributed by atoms with Crippen LogP contribution in [-0.4, -0.2) is 27.8 Å². The number of aryl methyl sites for hydroxylation is 1. The summed E-state index contributed by atoms with van der Waals surface area (Å²) in [5.41, 5.74) is 7.70. The molecule has 5 nitrogen and oxygen atoms in total. The summed E-state index contributed by atoms with van der Waals surface area (Å²) in [7, 11) is 0. The van der Waals surface area contributed by atoms with Crippen molar-refractivity contribution in [3.05, 3.63) is 18.0 Å². The molecule has 0 unspecified atom stereocenters. The smallest absolute Gasteiger partial charge is 0.163 e. The minimum Gasteiger partial charge on any atom is -0.486 e. The van der Waals surface area contributed by atoms with Crippen molar-refractivity contribution in [2.75, 3.05) is 13.2 Å². The van der Waals surface area contributed by atoms with Gasteiger partial charge in [0.1, 0.15) is 19.0 Å². The van der Waals surface area contributed by atoms with Gasteiger partial charge in [0.05, 0.1) is 16.0 Å². The van der Waals surface area contributed by atoms with Crippen LogP contribution in [0.25, 0.3) is 11.0 Å². The number of thiocarbonyl (C=S) groups is 1. The molecule has 1 fully saturated rings. The molecule has 1 saturated carbocycles. The van der Waals surface area contributed by atoms with Crippen molar-refractivity contribution in [3.63, 3.8) is 0 Å². The van der Waals surface area contributed by atoms with Crippen molar-refractivity contribution >= 4 is 28.2 Å². The van der Waals surface area contributed by atoms with Gasteiger partial charge < -0.3 is 19.8 Å². The van der Waals surface area contributed by atoms with Crippen LogP contribution in [0.3, 0.4) is 0 Å². The van der Waals surface area contributed by atoms with Gasteiger partial charge in [-0.25, -0.2) is 4.98 Å². The summed E-state index contributed by atoms with van der Waals surface area (Å²) < 4.78 is 13.6. The highest BCUT2D eigenvalue weighted by atomic mass is 32.1. The summed E-state index contributed by atoms with van der Waals surface area (Å²) in [5, 5.41) is 0. The lowest BCUT2D eigenvalue weighted by Gasteiger charge is -2.18. The van der Waals surface area contributed by atoms with Crippen LogP contribution in [0.5, 0.6) is 11.5 Å². The van der Waals surface area contributed by atoms with Crippen LogP contribution in [0.2, 0.25) is 0 Å². The first-order valence-corrected chi connectivity index (χ1v) is 7.71. The van der Waals surface area contributed by atoms with Gasteiger partial charge in [0.25, 0.3) is 0 Å². The first-order valence-electron chi connectivity index (χ1n) is 7.30. The normalized spacial score (nSPS) is 17.1. The van der Waals surface area contributed by atoms with Crippen LogP contribution in [-0.2, 0) is 6.54 Å². The third-order valence-corrected chi connectivity index (χ3v) is 4.17. The van der Waals surface area contributed by atoms with Crippen LogP contribution >= 0.6 is 12.2 Å². The molecule has 1 aliphatic carbocycles. The summed E-state index contributed by atoms with van der Waals surface area (Å²) >= 11 is 5.01. The van der Waals surface area contributed by atoms with Crippen molar-refractivity contribution < 1.29 is 9.47 Å². The van der Waals surface area contributed by atoms with Crippen molar-refractivity contribution in [3.8, 4) is 11.5 Å². The average Bonchev–Trinajstić information content (AvgIpc) is 3.25. The van der Waals surface area contributed by atoms with Gasteiger partial charge in [-0.1, -0.05) is 12.2 Å². The molecule has 0 radical (unpaired) electrons. The van der Waals surface area contributed by atoms with Gasteiger partial charge in [-0.15, -0.1) is 0 Å². The van der Waals surface area contributed by atoms with Gasteiger partial charge in [0, 0.05) is 31.0 Å². The Labute approximate surface area is 128 Å². The highest BCUT2D eigenvalue weighted by molar-refractivity contribution is 7.80. The van der Waals surface area contributed by atoms with E-state index in [-0.39, 0.29) is 0 Å². The second kappa shape index (κ2) is 4.87. The molecule has 0 bridgehead atoms. The highest BCUT2D eigenvalue weighted by Crippen LogP contribution is 2.42. The van der Waals surface area contributed by atoms with E-state index in [1.165, 1.54) is 12.8 Å². The molecule has 21 heavy (non-hydrogen) atoms. The van der Waals surface area contributed by atoms with Crippen molar-refractivity contribution in [2.24, 2.45) is 5.73 Å². The second-order valence-corrected chi connectivity index (χ2v) is 6.12. The number of nitrogens with zero attached hydrogens (tertiary/aromatic N) is 2. The molecule has 2 aliphatic rings. The van der Waals surface area contributed by atoms with Gasteiger partial charge >= 0.3 is 0 Å². The van der Waals surface area contributed by atoms with E-state index in [1.54, 1.807) is 0 Å². The van der Waals surface area contributed by atoms with Crippen LogP contribution in [0.1, 0.15) is 31.0 Å². The quantitative estimate of drug-likeness (QED) is 0.879. The lowest BCUT2D eigenvalue weighted by molar-refractivity contribution is 0.172. The molecule has 110 valence electrons. The average molecular weight is 303 g/mol. The minimum atomic E-state index is 0.538. The molecule has 1 aromatic heterocycles. The number of imidazole rings is 1. The number of ether oxygens (including phenoxy) is 2. The maximum atomic E-state index is 5.68. The lowest BCUT2D eigenvalue weighted by atomic mass is 10.2. The largest absolute Gasteiger partial charge is 0.486 e. The number of nitrogens with two attached hydrogens (primary N) is 1. The molecule has 0 spiro atoms. The molecule has 2 aromatic rings. The molecule has 2 heterocycles. The summed E-state index contributed by atoms with van der Waals surface area (Å²) in [6.45, 7) is 1.96. The molecule has 0 atom stereocenters. The Kier molecular flexibility index (Phi) is 2.99. The van der Waals surface area contributed by atoms with E-state index in [2.05, 4.69) is 4.57 Å². The third kappa shape index (κ3) is 2.33. The summed E-state index contributed by atoms with van der Waals surface area (Å²) in [6.07, 6.45) is 3.11. The van der Waals surface area contributed by atoms with Crippen LogP contribution < -0.4 is 15.2 Å². The number of hydrogen-bond acceptors (Lipinski definition) is 4. The fourth-order valence-corrected chi connectivity index (χ4v) is 2.88. The summed E-state index contributed by atoms with van der Waals surface area (Å²) in [5.74, 6) is 3.30.